The lowest BCUT2D eigenvalue weighted by molar-refractivity contribution is 0.0524. The van der Waals surface area contributed by atoms with Crippen molar-refractivity contribution in [3.63, 3.8) is 0 Å². The third-order valence-corrected chi connectivity index (χ3v) is 4.67. The minimum absolute atomic E-state index is 0.231. The molecule has 1 aromatic heterocycles. The number of aryl methyl sites for hydroxylation is 1. The lowest BCUT2D eigenvalue weighted by Gasteiger charge is -2.20. The first-order valence-electron chi connectivity index (χ1n) is 9.68. The maximum atomic E-state index is 13.0. The van der Waals surface area contributed by atoms with E-state index < -0.39 is 5.97 Å². The van der Waals surface area contributed by atoms with Gasteiger partial charge in [-0.15, -0.1) is 0 Å². The van der Waals surface area contributed by atoms with Gasteiger partial charge >= 0.3 is 5.97 Å². The van der Waals surface area contributed by atoms with E-state index in [-0.39, 0.29) is 24.2 Å². The standard InChI is InChI=1S/C24H24N2O4/c1-4-30-24(28)20-14-15-21(25-16(20)2)23(27)26-22(17-8-6-5-7-9-17)18-10-12-19(29-3)13-11-18/h5-15,22H,4H2,1-3H3,(H,26,27). The second kappa shape index (κ2) is 9.69. The van der Waals surface area contributed by atoms with Crippen LogP contribution >= 0.6 is 0 Å². The fourth-order valence-electron chi connectivity index (χ4n) is 3.12. The fraction of sp³-hybridized carbons (Fsp3) is 0.208. The van der Waals surface area contributed by atoms with Crippen molar-refractivity contribution >= 4 is 11.9 Å². The molecule has 1 unspecified atom stereocenters. The first kappa shape index (κ1) is 21.0. The molecule has 0 bridgehead atoms. The van der Waals surface area contributed by atoms with Gasteiger partial charge in [0.05, 0.1) is 31.0 Å². The number of carbonyl (C=O) groups is 2. The molecule has 0 saturated heterocycles. The van der Waals surface area contributed by atoms with Crippen molar-refractivity contribution in [1.82, 2.24) is 10.3 Å². The molecule has 154 valence electrons. The number of ether oxygens (including phenoxy) is 2. The molecule has 1 heterocycles. The van der Waals surface area contributed by atoms with Gasteiger partial charge in [-0.3, -0.25) is 4.79 Å². The Balaban J connectivity index is 1.88. The lowest BCUT2D eigenvalue weighted by Crippen LogP contribution is -2.30. The zero-order valence-electron chi connectivity index (χ0n) is 17.2. The molecule has 0 fully saturated rings. The van der Waals surface area contributed by atoms with Crippen LogP contribution in [-0.2, 0) is 4.74 Å². The van der Waals surface area contributed by atoms with Gasteiger partial charge in [0.15, 0.2) is 0 Å². The summed E-state index contributed by atoms with van der Waals surface area (Å²) in [7, 11) is 1.61. The molecule has 1 amide bonds. The average Bonchev–Trinajstić information content (AvgIpc) is 2.78. The Morgan fingerprint density at radius 1 is 0.967 bits per heavy atom. The second-order valence-electron chi connectivity index (χ2n) is 6.64. The summed E-state index contributed by atoms with van der Waals surface area (Å²) in [5, 5.41) is 3.05. The lowest BCUT2D eigenvalue weighted by atomic mass is 9.98. The molecule has 0 saturated carbocycles. The van der Waals surface area contributed by atoms with Gasteiger partial charge in [0, 0.05) is 0 Å². The van der Waals surface area contributed by atoms with Crippen molar-refractivity contribution in [3.8, 4) is 5.75 Å². The van der Waals surface area contributed by atoms with Crippen LogP contribution in [0.5, 0.6) is 5.75 Å². The number of pyridine rings is 1. The molecule has 1 N–H and O–H groups in total. The van der Waals surface area contributed by atoms with Gasteiger partial charge in [-0.1, -0.05) is 42.5 Å². The van der Waals surface area contributed by atoms with Crippen molar-refractivity contribution in [2.24, 2.45) is 0 Å². The molecule has 2 aromatic carbocycles. The van der Waals surface area contributed by atoms with Crippen molar-refractivity contribution in [2.45, 2.75) is 19.9 Å². The monoisotopic (exact) mass is 404 g/mol. The Labute approximate surface area is 175 Å². The summed E-state index contributed by atoms with van der Waals surface area (Å²) in [4.78, 5) is 29.3. The van der Waals surface area contributed by atoms with Crippen LogP contribution in [0.1, 0.15) is 50.6 Å². The smallest absolute Gasteiger partial charge is 0.339 e. The predicted octanol–water partition coefficient (Wildman–Crippen LogP) is 4.09. The zero-order chi connectivity index (χ0) is 21.5. The Hall–Kier alpha value is -3.67. The zero-order valence-corrected chi connectivity index (χ0v) is 17.2. The highest BCUT2D eigenvalue weighted by Gasteiger charge is 2.20. The van der Waals surface area contributed by atoms with Gasteiger partial charge in [-0.2, -0.15) is 0 Å². The Kier molecular flexibility index (Phi) is 6.80. The van der Waals surface area contributed by atoms with Crippen molar-refractivity contribution in [3.05, 3.63) is 94.8 Å². The van der Waals surface area contributed by atoms with Crippen LogP contribution < -0.4 is 10.1 Å². The van der Waals surface area contributed by atoms with E-state index in [1.807, 2.05) is 54.6 Å². The maximum absolute atomic E-state index is 13.0. The minimum Gasteiger partial charge on any atom is -0.497 e. The number of nitrogens with one attached hydrogen (secondary N) is 1. The molecule has 6 nitrogen and oxygen atoms in total. The largest absolute Gasteiger partial charge is 0.497 e. The summed E-state index contributed by atoms with van der Waals surface area (Å²) in [6.07, 6.45) is 0. The topological polar surface area (TPSA) is 77.5 Å². The molecule has 1 atom stereocenters. The summed E-state index contributed by atoms with van der Waals surface area (Å²) in [6.45, 7) is 3.70. The molecule has 0 radical (unpaired) electrons. The molecular formula is C24H24N2O4. The summed E-state index contributed by atoms with van der Waals surface area (Å²) in [5.41, 5.74) is 2.88. The molecule has 30 heavy (non-hydrogen) atoms. The molecule has 3 aromatic rings. The number of hydrogen-bond donors (Lipinski definition) is 1. The third kappa shape index (κ3) is 4.84. The maximum Gasteiger partial charge on any atom is 0.339 e. The summed E-state index contributed by atoms with van der Waals surface area (Å²) < 4.78 is 10.2. The quantitative estimate of drug-likeness (QED) is 0.600. The van der Waals surface area contributed by atoms with Crippen LogP contribution in [0.15, 0.2) is 66.7 Å². The van der Waals surface area contributed by atoms with E-state index >= 15 is 0 Å². The van der Waals surface area contributed by atoms with Crippen LogP contribution in [0.2, 0.25) is 0 Å². The number of carbonyl (C=O) groups excluding carboxylic acids is 2. The molecule has 0 aliphatic carbocycles. The molecule has 0 spiro atoms. The third-order valence-electron chi connectivity index (χ3n) is 4.67. The molecular weight excluding hydrogens is 380 g/mol. The summed E-state index contributed by atoms with van der Waals surface area (Å²) in [6, 6.07) is 20.0. The van der Waals surface area contributed by atoms with E-state index in [4.69, 9.17) is 9.47 Å². The van der Waals surface area contributed by atoms with E-state index in [2.05, 4.69) is 10.3 Å². The second-order valence-corrected chi connectivity index (χ2v) is 6.64. The summed E-state index contributed by atoms with van der Waals surface area (Å²) >= 11 is 0. The number of esters is 1. The average molecular weight is 404 g/mol. The van der Waals surface area contributed by atoms with Crippen molar-refractivity contribution in [1.29, 1.82) is 0 Å². The molecule has 6 heteroatoms. The number of methoxy groups -OCH3 is 1. The predicted molar refractivity (Wildman–Crippen MR) is 114 cm³/mol. The van der Waals surface area contributed by atoms with Gasteiger partial charge in [0.1, 0.15) is 11.4 Å². The fourth-order valence-corrected chi connectivity index (χ4v) is 3.12. The molecule has 0 aliphatic heterocycles. The normalized spacial score (nSPS) is 11.4. The van der Waals surface area contributed by atoms with E-state index in [9.17, 15) is 9.59 Å². The van der Waals surface area contributed by atoms with Gasteiger partial charge in [0.2, 0.25) is 0 Å². The first-order valence-corrected chi connectivity index (χ1v) is 9.68. The van der Waals surface area contributed by atoms with Gasteiger partial charge in [-0.25, -0.2) is 9.78 Å². The number of amides is 1. The van der Waals surface area contributed by atoms with Crippen LogP contribution in [0.3, 0.4) is 0 Å². The van der Waals surface area contributed by atoms with E-state index in [0.717, 1.165) is 16.9 Å². The Morgan fingerprint density at radius 2 is 1.63 bits per heavy atom. The van der Waals surface area contributed by atoms with Gasteiger partial charge in [-0.05, 0) is 49.2 Å². The molecule has 3 rings (SSSR count). The number of hydrogen-bond acceptors (Lipinski definition) is 5. The van der Waals surface area contributed by atoms with Crippen LogP contribution in [0.4, 0.5) is 0 Å². The Bertz CT molecular complexity index is 1020. The first-order chi connectivity index (χ1) is 14.5. The highest BCUT2D eigenvalue weighted by Crippen LogP contribution is 2.24. The highest BCUT2D eigenvalue weighted by atomic mass is 16.5. The number of aromatic nitrogens is 1. The van der Waals surface area contributed by atoms with Gasteiger partial charge in [0.25, 0.3) is 5.91 Å². The van der Waals surface area contributed by atoms with E-state index in [0.29, 0.717) is 11.3 Å². The number of rotatable bonds is 7. The summed E-state index contributed by atoms with van der Waals surface area (Å²) in [5.74, 6) is -0.0447. The minimum atomic E-state index is -0.449. The van der Waals surface area contributed by atoms with E-state index in [1.54, 1.807) is 27.0 Å². The van der Waals surface area contributed by atoms with Crippen LogP contribution in [0.25, 0.3) is 0 Å². The molecule has 0 aliphatic rings. The van der Waals surface area contributed by atoms with Crippen molar-refractivity contribution < 1.29 is 19.1 Å². The number of benzene rings is 2. The highest BCUT2D eigenvalue weighted by molar-refractivity contribution is 5.95. The SMILES string of the molecule is CCOC(=O)c1ccc(C(=O)NC(c2ccccc2)c2ccc(OC)cc2)nc1C. The van der Waals surface area contributed by atoms with Crippen molar-refractivity contribution in [2.75, 3.05) is 13.7 Å². The van der Waals surface area contributed by atoms with Crippen LogP contribution in [0, 0.1) is 6.92 Å². The number of nitrogens with zero attached hydrogens (tertiary/aromatic N) is 1. The van der Waals surface area contributed by atoms with E-state index in [1.165, 1.54) is 6.07 Å². The van der Waals surface area contributed by atoms with Crippen LogP contribution in [-0.4, -0.2) is 30.6 Å². The Morgan fingerprint density at radius 3 is 2.23 bits per heavy atom. The van der Waals surface area contributed by atoms with Gasteiger partial charge < -0.3 is 14.8 Å².